The standard InChI is InChI=1S/C12H17FN2S/c1-9(11-4-3-10(13)7-14-11)15-8-12(16-2)5-6-12/h3-4,7,9,15H,5-6,8H2,1-2H3. The van der Waals surface area contributed by atoms with Gasteiger partial charge in [-0.1, -0.05) is 0 Å². The molecule has 88 valence electrons. The van der Waals surface area contributed by atoms with Crippen LogP contribution in [0.15, 0.2) is 18.3 Å². The molecule has 0 amide bonds. The number of nitrogens with one attached hydrogen (secondary N) is 1. The van der Waals surface area contributed by atoms with Crippen LogP contribution in [0.25, 0.3) is 0 Å². The molecule has 0 radical (unpaired) electrons. The van der Waals surface area contributed by atoms with Crippen LogP contribution < -0.4 is 5.32 Å². The van der Waals surface area contributed by atoms with Crippen molar-refractivity contribution in [3.63, 3.8) is 0 Å². The number of nitrogens with zero attached hydrogens (tertiary/aromatic N) is 1. The fourth-order valence-corrected chi connectivity index (χ4v) is 2.42. The molecule has 2 nitrogen and oxygen atoms in total. The minimum atomic E-state index is -0.279. The molecule has 4 heteroatoms. The van der Waals surface area contributed by atoms with Gasteiger partial charge in [0.05, 0.1) is 11.9 Å². The van der Waals surface area contributed by atoms with Crippen molar-refractivity contribution in [2.75, 3.05) is 12.8 Å². The maximum Gasteiger partial charge on any atom is 0.141 e. The summed E-state index contributed by atoms with van der Waals surface area (Å²) in [6.45, 7) is 3.07. The zero-order valence-corrected chi connectivity index (χ0v) is 10.5. The number of hydrogen-bond donors (Lipinski definition) is 1. The summed E-state index contributed by atoms with van der Waals surface area (Å²) in [7, 11) is 0. The van der Waals surface area contributed by atoms with Gasteiger partial charge < -0.3 is 5.32 Å². The summed E-state index contributed by atoms with van der Waals surface area (Å²) in [6, 6.07) is 3.39. The predicted molar refractivity (Wildman–Crippen MR) is 66.1 cm³/mol. The normalized spacial score (nSPS) is 19.4. The first-order chi connectivity index (χ1) is 7.65. The summed E-state index contributed by atoms with van der Waals surface area (Å²) >= 11 is 1.93. The highest BCUT2D eigenvalue weighted by molar-refractivity contribution is 8.00. The Morgan fingerprint density at radius 3 is 2.81 bits per heavy atom. The molecule has 1 saturated carbocycles. The lowest BCUT2D eigenvalue weighted by Crippen LogP contribution is -2.28. The van der Waals surface area contributed by atoms with Crippen molar-refractivity contribution >= 4 is 11.8 Å². The molecule has 1 aromatic rings. The van der Waals surface area contributed by atoms with Crippen LogP contribution in [0.3, 0.4) is 0 Å². The first kappa shape index (κ1) is 11.9. The molecule has 0 aromatic carbocycles. The summed E-state index contributed by atoms with van der Waals surface area (Å²) < 4.78 is 13.2. The highest BCUT2D eigenvalue weighted by Crippen LogP contribution is 2.46. The summed E-state index contributed by atoms with van der Waals surface area (Å²) in [5, 5.41) is 3.47. The van der Waals surface area contributed by atoms with Crippen LogP contribution in [0.4, 0.5) is 4.39 Å². The second kappa shape index (κ2) is 4.72. The maximum absolute atomic E-state index is 12.7. The SMILES string of the molecule is CSC1(CNC(C)c2ccc(F)cn2)CC1. The smallest absolute Gasteiger partial charge is 0.141 e. The third-order valence-corrected chi connectivity index (χ3v) is 4.58. The van der Waals surface area contributed by atoms with E-state index in [1.807, 2.05) is 11.8 Å². The Labute approximate surface area is 100 Å². The molecular formula is C12H17FN2S. The monoisotopic (exact) mass is 240 g/mol. The highest BCUT2D eigenvalue weighted by Gasteiger charge is 2.41. The van der Waals surface area contributed by atoms with Gasteiger partial charge in [-0.3, -0.25) is 4.98 Å². The molecule has 1 aliphatic carbocycles. The Hall–Kier alpha value is -0.610. The van der Waals surface area contributed by atoms with Crippen molar-refractivity contribution < 1.29 is 4.39 Å². The Kier molecular flexibility index (Phi) is 3.50. The first-order valence-electron chi connectivity index (χ1n) is 5.55. The van der Waals surface area contributed by atoms with E-state index in [1.54, 1.807) is 6.07 Å². The van der Waals surface area contributed by atoms with Crippen molar-refractivity contribution in [3.8, 4) is 0 Å². The lowest BCUT2D eigenvalue weighted by molar-refractivity contribution is 0.546. The third-order valence-electron chi connectivity index (χ3n) is 3.17. The molecule has 1 heterocycles. The first-order valence-corrected chi connectivity index (χ1v) is 6.78. The molecular weight excluding hydrogens is 223 g/mol. The Balaban J connectivity index is 1.88. The van der Waals surface area contributed by atoms with Crippen molar-refractivity contribution in [2.45, 2.75) is 30.6 Å². The zero-order chi connectivity index (χ0) is 11.6. The number of hydrogen-bond acceptors (Lipinski definition) is 3. The lowest BCUT2D eigenvalue weighted by atomic mass is 10.2. The van der Waals surface area contributed by atoms with Gasteiger partial charge in [0.1, 0.15) is 5.82 Å². The summed E-state index contributed by atoms with van der Waals surface area (Å²) in [5.74, 6) is -0.279. The molecule has 1 fully saturated rings. The lowest BCUT2D eigenvalue weighted by Gasteiger charge is -2.18. The minimum absolute atomic E-state index is 0.185. The number of halogens is 1. The molecule has 1 atom stereocenters. The molecule has 1 unspecified atom stereocenters. The molecule has 16 heavy (non-hydrogen) atoms. The van der Waals surface area contributed by atoms with Crippen molar-refractivity contribution in [3.05, 3.63) is 29.8 Å². The zero-order valence-electron chi connectivity index (χ0n) is 9.66. The summed E-state index contributed by atoms with van der Waals surface area (Å²) in [6.07, 6.45) is 6.03. The fourth-order valence-electron chi connectivity index (χ4n) is 1.68. The van der Waals surface area contributed by atoms with Crippen LogP contribution in [0.2, 0.25) is 0 Å². The fraction of sp³-hybridized carbons (Fsp3) is 0.583. The van der Waals surface area contributed by atoms with Gasteiger partial charge in [-0.25, -0.2) is 4.39 Å². The minimum Gasteiger partial charge on any atom is -0.307 e. The average Bonchev–Trinajstić information content (AvgIpc) is 3.08. The van der Waals surface area contributed by atoms with Crippen LogP contribution in [0.5, 0.6) is 0 Å². The van der Waals surface area contributed by atoms with Crippen LogP contribution >= 0.6 is 11.8 Å². The molecule has 0 aliphatic heterocycles. The topological polar surface area (TPSA) is 24.9 Å². The van der Waals surface area contributed by atoms with E-state index >= 15 is 0 Å². The van der Waals surface area contributed by atoms with E-state index < -0.39 is 0 Å². The van der Waals surface area contributed by atoms with E-state index in [2.05, 4.69) is 23.5 Å². The molecule has 1 aliphatic rings. The Morgan fingerprint density at radius 1 is 1.56 bits per heavy atom. The van der Waals surface area contributed by atoms with Gasteiger partial charge in [-0.15, -0.1) is 0 Å². The Bertz CT molecular complexity index is 349. The van der Waals surface area contributed by atoms with E-state index in [4.69, 9.17) is 0 Å². The predicted octanol–water partition coefficient (Wildman–Crippen LogP) is 2.77. The number of pyridine rings is 1. The number of aromatic nitrogens is 1. The van der Waals surface area contributed by atoms with E-state index in [0.29, 0.717) is 4.75 Å². The maximum atomic E-state index is 12.7. The van der Waals surface area contributed by atoms with E-state index in [9.17, 15) is 4.39 Å². The highest BCUT2D eigenvalue weighted by atomic mass is 32.2. The third kappa shape index (κ3) is 2.74. The van der Waals surface area contributed by atoms with Gasteiger partial charge in [0.15, 0.2) is 0 Å². The summed E-state index contributed by atoms with van der Waals surface area (Å²) in [4.78, 5) is 4.08. The molecule has 0 bridgehead atoms. The Morgan fingerprint density at radius 2 is 2.31 bits per heavy atom. The van der Waals surface area contributed by atoms with Crippen LogP contribution in [0, 0.1) is 5.82 Å². The van der Waals surface area contributed by atoms with Crippen molar-refractivity contribution in [1.29, 1.82) is 0 Å². The molecule has 0 saturated heterocycles. The van der Waals surface area contributed by atoms with Gasteiger partial charge in [0, 0.05) is 17.3 Å². The number of thioether (sulfide) groups is 1. The van der Waals surface area contributed by atoms with E-state index in [0.717, 1.165) is 12.2 Å². The average molecular weight is 240 g/mol. The van der Waals surface area contributed by atoms with Crippen LogP contribution in [-0.2, 0) is 0 Å². The molecule has 1 N–H and O–H groups in total. The van der Waals surface area contributed by atoms with Gasteiger partial charge >= 0.3 is 0 Å². The van der Waals surface area contributed by atoms with Crippen LogP contribution in [0.1, 0.15) is 31.5 Å². The molecule has 2 rings (SSSR count). The van der Waals surface area contributed by atoms with Gasteiger partial charge in [-0.05, 0) is 38.2 Å². The van der Waals surface area contributed by atoms with Gasteiger partial charge in [-0.2, -0.15) is 11.8 Å². The quantitative estimate of drug-likeness (QED) is 0.856. The van der Waals surface area contributed by atoms with E-state index in [1.165, 1.54) is 25.1 Å². The van der Waals surface area contributed by atoms with Gasteiger partial charge in [0.2, 0.25) is 0 Å². The molecule has 0 spiro atoms. The van der Waals surface area contributed by atoms with E-state index in [-0.39, 0.29) is 11.9 Å². The second-order valence-corrected chi connectivity index (χ2v) is 5.67. The van der Waals surface area contributed by atoms with Gasteiger partial charge in [0.25, 0.3) is 0 Å². The molecule has 1 aromatic heterocycles. The van der Waals surface area contributed by atoms with Crippen molar-refractivity contribution in [2.24, 2.45) is 0 Å². The number of rotatable bonds is 5. The summed E-state index contributed by atoms with van der Waals surface area (Å²) in [5.41, 5.74) is 0.901. The largest absolute Gasteiger partial charge is 0.307 e. The van der Waals surface area contributed by atoms with Crippen LogP contribution in [-0.4, -0.2) is 22.5 Å². The van der Waals surface area contributed by atoms with Crippen molar-refractivity contribution in [1.82, 2.24) is 10.3 Å². The second-order valence-electron chi connectivity index (χ2n) is 4.39.